The standard InChI is InChI=1S/C27H21Br2N3O2/c28-22-7-5-18(6-8-22)17-34-26-10-9-23(29)14-20(26)13-21(15-30)27(33)31-12-11-19-16-32-25-4-2-1-3-24(19)25/h1-10,13-14,16,32H,11-12,17H2,(H,31,33)/b21-13-. The number of halogens is 2. The number of nitrogens with one attached hydrogen (secondary N) is 2. The Kier molecular flexibility index (Phi) is 7.84. The molecule has 5 nitrogen and oxygen atoms in total. The number of carbonyl (C=O) groups is 1. The minimum atomic E-state index is -0.416. The van der Waals surface area contributed by atoms with Crippen molar-refractivity contribution in [2.24, 2.45) is 0 Å². The third-order valence-corrected chi connectivity index (χ3v) is 6.32. The highest BCUT2D eigenvalue weighted by Crippen LogP contribution is 2.27. The van der Waals surface area contributed by atoms with Crippen molar-refractivity contribution in [3.05, 3.63) is 104 Å². The van der Waals surface area contributed by atoms with Crippen LogP contribution in [0.2, 0.25) is 0 Å². The Bertz CT molecular complexity index is 1390. The molecule has 7 heteroatoms. The molecule has 1 amide bonds. The van der Waals surface area contributed by atoms with Gasteiger partial charge in [0, 0.05) is 38.2 Å². The topological polar surface area (TPSA) is 77.9 Å². The number of aromatic amines is 1. The van der Waals surface area contributed by atoms with E-state index in [4.69, 9.17) is 4.74 Å². The molecule has 0 aliphatic carbocycles. The quantitative estimate of drug-likeness (QED) is 0.184. The maximum Gasteiger partial charge on any atom is 0.261 e. The summed E-state index contributed by atoms with van der Waals surface area (Å²) in [5.41, 5.74) is 3.86. The van der Waals surface area contributed by atoms with E-state index in [9.17, 15) is 10.1 Å². The molecule has 0 atom stereocenters. The first-order chi connectivity index (χ1) is 16.5. The number of hydrogen-bond donors (Lipinski definition) is 2. The number of nitriles is 1. The van der Waals surface area contributed by atoms with Crippen LogP contribution in [0, 0.1) is 11.3 Å². The summed E-state index contributed by atoms with van der Waals surface area (Å²) in [6.45, 7) is 0.791. The number of H-pyrrole nitrogens is 1. The molecule has 34 heavy (non-hydrogen) atoms. The average Bonchev–Trinajstić information content (AvgIpc) is 3.26. The molecule has 0 spiro atoms. The maximum absolute atomic E-state index is 12.7. The van der Waals surface area contributed by atoms with Gasteiger partial charge in [-0.3, -0.25) is 4.79 Å². The minimum absolute atomic E-state index is 0.0190. The van der Waals surface area contributed by atoms with Crippen LogP contribution in [0.3, 0.4) is 0 Å². The molecule has 0 fully saturated rings. The number of benzene rings is 3. The van der Waals surface area contributed by atoms with Gasteiger partial charge in [-0.25, -0.2) is 0 Å². The van der Waals surface area contributed by atoms with Gasteiger partial charge in [-0.15, -0.1) is 0 Å². The number of hydrogen-bond acceptors (Lipinski definition) is 3. The van der Waals surface area contributed by atoms with Gasteiger partial charge in [-0.1, -0.05) is 62.2 Å². The largest absolute Gasteiger partial charge is 0.488 e. The Morgan fingerprint density at radius 3 is 2.62 bits per heavy atom. The Morgan fingerprint density at radius 2 is 1.82 bits per heavy atom. The van der Waals surface area contributed by atoms with E-state index in [0.29, 0.717) is 30.9 Å². The molecule has 0 saturated carbocycles. The van der Waals surface area contributed by atoms with Gasteiger partial charge in [0.15, 0.2) is 0 Å². The van der Waals surface area contributed by atoms with E-state index >= 15 is 0 Å². The van der Waals surface area contributed by atoms with Gasteiger partial charge in [0.25, 0.3) is 5.91 Å². The number of rotatable bonds is 8. The third-order valence-electron chi connectivity index (χ3n) is 5.30. The van der Waals surface area contributed by atoms with Crippen LogP contribution < -0.4 is 10.1 Å². The summed E-state index contributed by atoms with van der Waals surface area (Å²) in [6.07, 6.45) is 4.17. The third kappa shape index (κ3) is 5.96. The van der Waals surface area contributed by atoms with E-state index in [0.717, 1.165) is 31.0 Å². The van der Waals surface area contributed by atoms with Gasteiger partial charge in [0.1, 0.15) is 24.0 Å². The van der Waals surface area contributed by atoms with Crippen molar-refractivity contribution >= 4 is 54.7 Å². The van der Waals surface area contributed by atoms with Gasteiger partial charge < -0.3 is 15.0 Å². The Hall–Kier alpha value is -3.34. The highest BCUT2D eigenvalue weighted by atomic mass is 79.9. The molecule has 0 bridgehead atoms. The molecular weight excluding hydrogens is 558 g/mol. The SMILES string of the molecule is N#C/C(=C/c1cc(Br)ccc1OCc1ccc(Br)cc1)C(=O)NCCc1c[nH]c2ccccc12. The fourth-order valence-corrected chi connectivity index (χ4v) is 4.20. The summed E-state index contributed by atoms with van der Waals surface area (Å²) < 4.78 is 7.81. The van der Waals surface area contributed by atoms with Crippen LogP contribution in [0.15, 0.2) is 87.4 Å². The summed E-state index contributed by atoms with van der Waals surface area (Å²) in [4.78, 5) is 15.9. The second-order valence-corrected chi connectivity index (χ2v) is 9.46. The van der Waals surface area contributed by atoms with Crippen LogP contribution in [-0.2, 0) is 17.8 Å². The average molecular weight is 579 g/mol. The molecule has 3 aromatic carbocycles. The molecule has 4 aromatic rings. The normalized spacial score (nSPS) is 11.3. The Labute approximate surface area is 214 Å². The number of amides is 1. The van der Waals surface area contributed by atoms with Crippen molar-refractivity contribution < 1.29 is 9.53 Å². The maximum atomic E-state index is 12.7. The molecule has 1 heterocycles. The number of aromatic nitrogens is 1. The van der Waals surface area contributed by atoms with Crippen molar-refractivity contribution in [3.8, 4) is 11.8 Å². The molecule has 0 aliphatic heterocycles. The lowest BCUT2D eigenvalue weighted by Gasteiger charge is -2.11. The smallest absolute Gasteiger partial charge is 0.261 e. The van der Waals surface area contributed by atoms with Crippen LogP contribution in [0.1, 0.15) is 16.7 Å². The second-order valence-electron chi connectivity index (χ2n) is 7.63. The fraction of sp³-hybridized carbons (Fsp3) is 0.111. The molecular formula is C27H21Br2N3O2. The summed E-state index contributed by atoms with van der Waals surface area (Å²) in [5.74, 6) is 0.173. The van der Waals surface area contributed by atoms with Gasteiger partial charge >= 0.3 is 0 Å². The second kappa shape index (κ2) is 11.2. The van der Waals surface area contributed by atoms with Gasteiger partial charge in [0.05, 0.1) is 0 Å². The van der Waals surface area contributed by atoms with E-state index < -0.39 is 5.91 Å². The molecule has 0 unspecified atom stereocenters. The fourth-order valence-electron chi connectivity index (χ4n) is 3.55. The zero-order valence-corrected chi connectivity index (χ0v) is 21.3. The van der Waals surface area contributed by atoms with Crippen molar-refractivity contribution in [1.82, 2.24) is 10.3 Å². The molecule has 4 rings (SSSR count). The zero-order valence-electron chi connectivity index (χ0n) is 18.1. The predicted octanol–water partition coefficient (Wildman–Crippen LogP) is 6.54. The summed E-state index contributed by atoms with van der Waals surface area (Å²) in [7, 11) is 0. The number of carbonyl (C=O) groups excluding carboxylic acids is 1. The first kappa shape index (κ1) is 23.8. The molecule has 1 aromatic heterocycles. The van der Waals surface area contributed by atoms with E-state index in [2.05, 4.69) is 42.2 Å². The number of ether oxygens (including phenoxy) is 1. The van der Waals surface area contributed by atoms with E-state index in [1.807, 2.05) is 79.0 Å². The molecule has 0 aliphatic rings. The van der Waals surface area contributed by atoms with Crippen LogP contribution in [0.25, 0.3) is 17.0 Å². The number of para-hydroxylation sites is 1. The number of nitrogens with zero attached hydrogens (tertiary/aromatic N) is 1. The highest BCUT2D eigenvalue weighted by Gasteiger charge is 2.12. The summed E-state index contributed by atoms with van der Waals surface area (Å²) in [5, 5.41) is 13.6. The lowest BCUT2D eigenvalue weighted by atomic mass is 10.1. The summed E-state index contributed by atoms with van der Waals surface area (Å²) >= 11 is 6.88. The Morgan fingerprint density at radius 1 is 1.06 bits per heavy atom. The van der Waals surface area contributed by atoms with Crippen molar-refractivity contribution in [2.75, 3.05) is 6.54 Å². The molecule has 0 saturated heterocycles. The lowest BCUT2D eigenvalue weighted by molar-refractivity contribution is -0.117. The highest BCUT2D eigenvalue weighted by molar-refractivity contribution is 9.10. The number of fused-ring (bicyclic) bond motifs is 1. The van der Waals surface area contributed by atoms with E-state index in [1.165, 1.54) is 0 Å². The van der Waals surface area contributed by atoms with E-state index in [1.54, 1.807) is 6.08 Å². The van der Waals surface area contributed by atoms with Gasteiger partial charge in [-0.2, -0.15) is 5.26 Å². The monoisotopic (exact) mass is 577 g/mol. The molecule has 170 valence electrons. The summed E-state index contributed by atoms with van der Waals surface area (Å²) in [6, 6.07) is 23.4. The van der Waals surface area contributed by atoms with Crippen LogP contribution in [0.5, 0.6) is 5.75 Å². The van der Waals surface area contributed by atoms with Gasteiger partial charge in [-0.05, 0) is 60.0 Å². The van der Waals surface area contributed by atoms with Crippen LogP contribution in [-0.4, -0.2) is 17.4 Å². The van der Waals surface area contributed by atoms with Crippen molar-refractivity contribution in [3.63, 3.8) is 0 Å². The Balaban J connectivity index is 1.44. The minimum Gasteiger partial charge on any atom is -0.488 e. The van der Waals surface area contributed by atoms with E-state index in [-0.39, 0.29) is 5.57 Å². The predicted molar refractivity (Wildman–Crippen MR) is 141 cm³/mol. The van der Waals surface area contributed by atoms with Crippen LogP contribution >= 0.6 is 31.9 Å². The first-order valence-electron chi connectivity index (χ1n) is 10.7. The lowest BCUT2D eigenvalue weighted by Crippen LogP contribution is -2.26. The first-order valence-corrected chi connectivity index (χ1v) is 12.2. The molecule has 0 radical (unpaired) electrons. The van der Waals surface area contributed by atoms with Crippen molar-refractivity contribution in [1.29, 1.82) is 5.26 Å². The molecule has 2 N–H and O–H groups in total. The van der Waals surface area contributed by atoms with Crippen molar-refractivity contribution in [2.45, 2.75) is 13.0 Å². The zero-order chi connectivity index (χ0) is 23.9. The van der Waals surface area contributed by atoms with Crippen LogP contribution in [0.4, 0.5) is 0 Å². The van der Waals surface area contributed by atoms with Gasteiger partial charge in [0.2, 0.25) is 0 Å².